The van der Waals surface area contributed by atoms with Crippen molar-refractivity contribution in [1.82, 2.24) is 10.2 Å². The van der Waals surface area contributed by atoms with E-state index in [1.54, 1.807) is 0 Å². The third kappa shape index (κ3) is 5.26. The molecule has 1 unspecified atom stereocenters. The zero-order valence-corrected chi connectivity index (χ0v) is 13.9. The minimum absolute atomic E-state index is 0.163. The van der Waals surface area contributed by atoms with Crippen LogP contribution < -0.4 is 5.32 Å². The molecule has 0 aromatic heterocycles. The van der Waals surface area contributed by atoms with E-state index < -0.39 is 0 Å². The first-order valence-corrected chi connectivity index (χ1v) is 8.03. The molecular weight excluding hydrogens is 244 g/mol. The number of rotatable bonds is 9. The molecule has 0 aliphatic rings. The quantitative estimate of drug-likeness (QED) is 0.740. The Morgan fingerprint density at radius 3 is 2.30 bits per heavy atom. The van der Waals surface area contributed by atoms with E-state index in [1.807, 2.05) is 0 Å². The third-order valence-electron chi connectivity index (χ3n) is 3.93. The summed E-state index contributed by atoms with van der Waals surface area (Å²) in [6.07, 6.45) is 1.22. The Morgan fingerprint density at radius 2 is 1.80 bits per heavy atom. The Balaban J connectivity index is 2.88. The Hall–Kier alpha value is -0.860. The molecule has 0 saturated carbocycles. The average Bonchev–Trinajstić information content (AvgIpc) is 2.45. The molecule has 1 rings (SSSR count). The fraction of sp³-hybridized carbons (Fsp3) is 0.667. The van der Waals surface area contributed by atoms with Gasteiger partial charge < -0.3 is 10.2 Å². The molecule has 20 heavy (non-hydrogen) atoms. The highest BCUT2D eigenvalue weighted by Crippen LogP contribution is 2.24. The standard InChI is InChI=1S/C18H32N2/c1-6-13-20(7-2)15-18(5,14-19-16(3)4)17-11-9-8-10-12-17/h8-12,16,19H,6-7,13-15H2,1-5H3. The van der Waals surface area contributed by atoms with Crippen LogP contribution in [0.5, 0.6) is 0 Å². The lowest BCUT2D eigenvalue weighted by Gasteiger charge is -2.36. The lowest BCUT2D eigenvalue weighted by molar-refractivity contribution is 0.217. The van der Waals surface area contributed by atoms with Gasteiger partial charge in [-0.25, -0.2) is 0 Å². The van der Waals surface area contributed by atoms with E-state index in [0.29, 0.717) is 6.04 Å². The van der Waals surface area contributed by atoms with Gasteiger partial charge in [-0.2, -0.15) is 0 Å². The van der Waals surface area contributed by atoms with Crippen molar-refractivity contribution in [2.24, 2.45) is 0 Å². The van der Waals surface area contributed by atoms with Crippen LogP contribution in [0.1, 0.15) is 46.6 Å². The molecule has 0 heterocycles. The number of hydrogen-bond acceptors (Lipinski definition) is 2. The summed E-state index contributed by atoms with van der Waals surface area (Å²) in [5.41, 5.74) is 1.60. The Labute approximate surface area is 125 Å². The highest BCUT2D eigenvalue weighted by Gasteiger charge is 2.28. The van der Waals surface area contributed by atoms with E-state index in [1.165, 1.54) is 18.5 Å². The fourth-order valence-electron chi connectivity index (χ4n) is 2.68. The highest BCUT2D eigenvalue weighted by molar-refractivity contribution is 5.25. The van der Waals surface area contributed by atoms with E-state index in [9.17, 15) is 0 Å². The third-order valence-corrected chi connectivity index (χ3v) is 3.93. The van der Waals surface area contributed by atoms with Crippen molar-refractivity contribution in [3.05, 3.63) is 35.9 Å². The number of likely N-dealkylation sites (N-methyl/N-ethyl adjacent to an activating group) is 1. The molecule has 2 heteroatoms. The first-order valence-electron chi connectivity index (χ1n) is 8.03. The van der Waals surface area contributed by atoms with Crippen LogP contribution in [0.25, 0.3) is 0 Å². The summed E-state index contributed by atoms with van der Waals surface area (Å²) in [5, 5.41) is 3.63. The second-order valence-corrected chi connectivity index (χ2v) is 6.33. The van der Waals surface area contributed by atoms with Crippen LogP contribution in [0.2, 0.25) is 0 Å². The lowest BCUT2D eigenvalue weighted by Crippen LogP contribution is -2.47. The molecule has 2 nitrogen and oxygen atoms in total. The van der Waals surface area contributed by atoms with Crippen molar-refractivity contribution in [3.63, 3.8) is 0 Å². The van der Waals surface area contributed by atoms with Crippen LogP contribution in [0.4, 0.5) is 0 Å². The number of benzene rings is 1. The van der Waals surface area contributed by atoms with E-state index >= 15 is 0 Å². The molecule has 0 fully saturated rings. The Bertz CT molecular complexity index is 361. The predicted molar refractivity (Wildman–Crippen MR) is 89.3 cm³/mol. The van der Waals surface area contributed by atoms with Crippen LogP contribution in [0, 0.1) is 0 Å². The summed E-state index contributed by atoms with van der Waals surface area (Å²) in [5.74, 6) is 0. The van der Waals surface area contributed by atoms with Gasteiger partial charge in [-0.1, -0.05) is 65.0 Å². The molecule has 0 radical (unpaired) electrons. The van der Waals surface area contributed by atoms with E-state index in [4.69, 9.17) is 0 Å². The van der Waals surface area contributed by atoms with E-state index in [0.717, 1.165) is 19.6 Å². The molecule has 0 aliphatic heterocycles. The normalized spacial score (nSPS) is 14.8. The van der Waals surface area contributed by atoms with Crippen molar-refractivity contribution in [3.8, 4) is 0 Å². The smallest absolute Gasteiger partial charge is 0.0177 e. The van der Waals surface area contributed by atoms with Crippen molar-refractivity contribution in [2.45, 2.75) is 52.5 Å². The maximum absolute atomic E-state index is 3.63. The molecule has 0 amide bonds. The lowest BCUT2D eigenvalue weighted by atomic mass is 9.81. The Kier molecular flexibility index (Phi) is 7.25. The SMILES string of the molecule is CCCN(CC)CC(C)(CNC(C)C)c1ccccc1. The number of nitrogens with one attached hydrogen (secondary N) is 1. The molecule has 0 bridgehead atoms. The highest BCUT2D eigenvalue weighted by atomic mass is 15.1. The van der Waals surface area contributed by atoms with Gasteiger partial charge >= 0.3 is 0 Å². The molecule has 1 aromatic rings. The molecule has 1 aromatic carbocycles. The van der Waals surface area contributed by atoms with Gasteiger partial charge in [0, 0.05) is 24.5 Å². The summed E-state index contributed by atoms with van der Waals surface area (Å²) >= 11 is 0. The molecule has 0 saturated heterocycles. The minimum atomic E-state index is 0.163. The maximum Gasteiger partial charge on any atom is 0.0177 e. The second kappa shape index (κ2) is 8.43. The molecule has 1 N–H and O–H groups in total. The second-order valence-electron chi connectivity index (χ2n) is 6.33. The largest absolute Gasteiger partial charge is 0.314 e. The van der Waals surface area contributed by atoms with Gasteiger partial charge in [0.25, 0.3) is 0 Å². The summed E-state index contributed by atoms with van der Waals surface area (Å²) in [6.45, 7) is 15.8. The van der Waals surface area contributed by atoms with Gasteiger partial charge in [0.2, 0.25) is 0 Å². The maximum atomic E-state index is 3.63. The van der Waals surface area contributed by atoms with E-state index in [2.05, 4.69) is 75.2 Å². The van der Waals surface area contributed by atoms with Crippen LogP contribution in [-0.2, 0) is 5.41 Å². The zero-order chi connectivity index (χ0) is 15.0. The average molecular weight is 276 g/mol. The van der Waals surface area contributed by atoms with Gasteiger partial charge in [0.1, 0.15) is 0 Å². The van der Waals surface area contributed by atoms with Crippen LogP contribution >= 0.6 is 0 Å². The number of hydrogen-bond donors (Lipinski definition) is 1. The monoisotopic (exact) mass is 276 g/mol. The van der Waals surface area contributed by atoms with Crippen molar-refractivity contribution < 1.29 is 0 Å². The summed E-state index contributed by atoms with van der Waals surface area (Å²) in [7, 11) is 0. The van der Waals surface area contributed by atoms with Crippen LogP contribution in [0.3, 0.4) is 0 Å². The molecule has 1 atom stereocenters. The summed E-state index contributed by atoms with van der Waals surface area (Å²) in [6, 6.07) is 11.5. The minimum Gasteiger partial charge on any atom is -0.314 e. The van der Waals surface area contributed by atoms with Gasteiger partial charge in [-0.05, 0) is 25.1 Å². The van der Waals surface area contributed by atoms with Gasteiger partial charge in [-0.15, -0.1) is 0 Å². The van der Waals surface area contributed by atoms with E-state index in [-0.39, 0.29) is 5.41 Å². The predicted octanol–water partition coefficient (Wildman–Crippen LogP) is 3.67. The van der Waals surface area contributed by atoms with Gasteiger partial charge in [0.15, 0.2) is 0 Å². The molecule has 0 aliphatic carbocycles. The Morgan fingerprint density at radius 1 is 1.15 bits per heavy atom. The fourth-order valence-corrected chi connectivity index (χ4v) is 2.68. The van der Waals surface area contributed by atoms with Gasteiger partial charge in [-0.3, -0.25) is 0 Å². The van der Waals surface area contributed by atoms with Crippen LogP contribution in [-0.4, -0.2) is 37.1 Å². The topological polar surface area (TPSA) is 15.3 Å². The van der Waals surface area contributed by atoms with Crippen molar-refractivity contribution in [2.75, 3.05) is 26.2 Å². The molecule has 114 valence electrons. The van der Waals surface area contributed by atoms with Crippen LogP contribution in [0.15, 0.2) is 30.3 Å². The zero-order valence-electron chi connectivity index (χ0n) is 13.9. The summed E-state index contributed by atoms with van der Waals surface area (Å²) < 4.78 is 0. The van der Waals surface area contributed by atoms with Crippen molar-refractivity contribution >= 4 is 0 Å². The summed E-state index contributed by atoms with van der Waals surface area (Å²) in [4.78, 5) is 2.56. The number of nitrogens with zero attached hydrogens (tertiary/aromatic N) is 1. The van der Waals surface area contributed by atoms with Crippen molar-refractivity contribution in [1.29, 1.82) is 0 Å². The molecular formula is C18H32N2. The first-order chi connectivity index (χ1) is 9.51. The van der Waals surface area contributed by atoms with Gasteiger partial charge in [0.05, 0.1) is 0 Å². The first kappa shape index (κ1) is 17.2. The molecule has 0 spiro atoms.